The van der Waals surface area contributed by atoms with E-state index in [1.807, 2.05) is 0 Å². The number of carbonyl (C=O) groups excluding carboxylic acids is 1. The number of rotatable bonds is 4. The molecule has 0 aliphatic carbocycles. The van der Waals surface area contributed by atoms with Crippen LogP contribution in [0.1, 0.15) is 10.4 Å². The number of nitrogens with one attached hydrogen (secondary N) is 1. The normalized spacial score (nSPS) is 10.8. The zero-order valence-corrected chi connectivity index (χ0v) is 15.5. The zero-order valence-electron chi connectivity index (χ0n) is 13.9. The summed E-state index contributed by atoms with van der Waals surface area (Å²) in [5, 5.41) is 8.78. The van der Waals surface area contributed by atoms with Crippen LogP contribution in [0.25, 0.3) is 22.2 Å². The van der Waals surface area contributed by atoms with E-state index in [2.05, 4.69) is 15.5 Å². The standard InChI is InChI=1S/C19H10ClF2N3O2S/c20-12-3-1-2-11(8-12)18(26)23-15-6-7-28-16(15)19-24-17(25-27-19)10-4-5-13(21)14(22)9-10/h1-9H,(H,23,26). The molecule has 0 radical (unpaired) electrons. The number of anilines is 1. The second-order valence-electron chi connectivity index (χ2n) is 5.68. The lowest BCUT2D eigenvalue weighted by molar-refractivity contribution is 0.102. The highest BCUT2D eigenvalue weighted by Crippen LogP contribution is 2.34. The SMILES string of the molecule is O=C(Nc1ccsc1-c1nc(-c2ccc(F)c(F)c2)no1)c1cccc(Cl)c1. The van der Waals surface area contributed by atoms with Crippen molar-refractivity contribution in [3.8, 4) is 22.2 Å². The number of amides is 1. The average molecular weight is 418 g/mol. The van der Waals surface area contributed by atoms with E-state index in [1.54, 1.807) is 35.7 Å². The van der Waals surface area contributed by atoms with Gasteiger partial charge in [0.15, 0.2) is 11.6 Å². The van der Waals surface area contributed by atoms with Crippen molar-refractivity contribution < 1.29 is 18.1 Å². The molecule has 4 aromatic rings. The molecule has 0 aliphatic rings. The summed E-state index contributed by atoms with van der Waals surface area (Å²) in [6.07, 6.45) is 0. The third-order valence-corrected chi connectivity index (χ3v) is 4.94. The smallest absolute Gasteiger partial charge is 0.270 e. The molecule has 2 heterocycles. The van der Waals surface area contributed by atoms with E-state index in [1.165, 1.54) is 17.4 Å². The first-order valence-corrected chi connectivity index (χ1v) is 9.21. The number of aromatic nitrogens is 2. The lowest BCUT2D eigenvalue weighted by Gasteiger charge is -2.05. The summed E-state index contributed by atoms with van der Waals surface area (Å²) < 4.78 is 31.8. The summed E-state index contributed by atoms with van der Waals surface area (Å²) in [6, 6.07) is 11.6. The third-order valence-electron chi connectivity index (χ3n) is 3.80. The second-order valence-corrected chi connectivity index (χ2v) is 7.03. The van der Waals surface area contributed by atoms with Gasteiger partial charge < -0.3 is 9.84 Å². The molecule has 0 fully saturated rings. The van der Waals surface area contributed by atoms with Crippen molar-refractivity contribution in [2.24, 2.45) is 0 Å². The number of halogens is 3. The molecule has 0 spiro atoms. The molecular weight excluding hydrogens is 408 g/mol. The highest BCUT2D eigenvalue weighted by atomic mass is 35.5. The monoisotopic (exact) mass is 417 g/mol. The number of nitrogens with zero attached hydrogens (tertiary/aromatic N) is 2. The summed E-state index contributed by atoms with van der Waals surface area (Å²) >= 11 is 7.20. The quantitative estimate of drug-likeness (QED) is 0.466. The minimum Gasteiger partial charge on any atom is -0.333 e. The first-order chi connectivity index (χ1) is 13.5. The van der Waals surface area contributed by atoms with Gasteiger partial charge in [0.05, 0.1) is 5.69 Å². The molecule has 0 aliphatic heterocycles. The summed E-state index contributed by atoms with van der Waals surface area (Å²) in [5.74, 6) is -2.06. The molecule has 1 N–H and O–H groups in total. The van der Waals surface area contributed by atoms with E-state index >= 15 is 0 Å². The van der Waals surface area contributed by atoms with E-state index < -0.39 is 11.6 Å². The molecule has 0 atom stereocenters. The molecule has 0 bridgehead atoms. The molecule has 4 rings (SSSR count). The van der Waals surface area contributed by atoms with Crippen molar-refractivity contribution in [3.63, 3.8) is 0 Å². The zero-order chi connectivity index (χ0) is 19.7. The van der Waals surface area contributed by atoms with Crippen LogP contribution in [0.5, 0.6) is 0 Å². The molecule has 2 aromatic carbocycles. The molecule has 9 heteroatoms. The molecule has 2 aromatic heterocycles. The fourth-order valence-electron chi connectivity index (χ4n) is 2.47. The van der Waals surface area contributed by atoms with Gasteiger partial charge in [0.1, 0.15) is 4.88 Å². The lowest BCUT2D eigenvalue weighted by Crippen LogP contribution is -2.11. The van der Waals surface area contributed by atoms with Gasteiger partial charge in [0.2, 0.25) is 5.82 Å². The van der Waals surface area contributed by atoms with Crippen LogP contribution in [0.4, 0.5) is 14.5 Å². The van der Waals surface area contributed by atoms with Crippen LogP contribution >= 0.6 is 22.9 Å². The van der Waals surface area contributed by atoms with Gasteiger partial charge in [-0.05, 0) is 47.8 Å². The van der Waals surface area contributed by atoms with E-state index in [4.69, 9.17) is 16.1 Å². The molecule has 1 amide bonds. The number of carbonyl (C=O) groups is 1. The fourth-order valence-corrected chi connectivity index (χ4v) is 3.43. The predicted octanol–water partition coefficient (Wildman–Crippen LogP) is 5.65. The highest BCUT2D eigenvalue weighted by Gasteiger charge is 2.18. The highest BCUT2D eigenvalue weighted by molar-refractivity contribution is 7.14. The van der Waals surface area contributed by atoms with Crippen molar-refractivity contribution in [1.82, 2.24) is 10.1 Å². The van der Waals surface area contributed by atoms with Gasteiger partial charge in [-0.25, -0.2) is 8.78 Å². The summed E-state index contributed by atoms with van der Waals surface area (Å²) in [4.78, 5) is 17.2. The Kier molecular flexibility index (Phi) is 4.89. The van der Waals surface area contributed by atoms with Crippen LogP contribution in [-0.2, 0) is 0 Å². The number of benzene rings is 2. The summed E-state index contributed by atoms with van der Waals surface area (Å²) in [5.41, 5.74) is 1.16. The van der Waals surface area contributed by atoms with Crippen molar-refractivity contribution in [3.05, 3.63) is 76.1 Å². The van der Waals surface area contributed by atoms with E-state index in [-0.39, 0.29) is 23.2 Å². The van der Waals surface area contributed by atoms with Crippen LogP contribution in [0, 0.1) is 11.6 Å². The Morgan fingerprint density at radius 1 is 1.11 bits per heavy atom. The van der Waals surface area contributed by atoms with Gasteiger partial charge in [-0.1, -0.05) is 22.8 Å². The number of hydrogen-bond acceptors (Lipinski definition) is 5. The van der Waals surface area contributed by atoms with Crippen LogP contribution in [0.15, 0.2) is 58.4 Å². The molecule has 0 saturated carbocycles. The maximum absolute atomic E-state index is 13.4. The summed E-state index contributed by atoms with van der Waals surface area (Å²) in [6.45, 7) is 0. The minimum atomic E-state index is -1.01. The molecule has 0 unspecified atom stereocenters. The maximum atomic E-state index is 13.4. The topological polar surface area (TPSA) is 68.0 Å². The van der Waals surface area contributed by atoms with Crippen LogP contribution in [0.3, 0.4) is 0 Å². The van der Waals surface area contributed by atoms with Crippen molar-refractivity contribution in [2.75, 3.05) is 5.32 Å². The van der Waals surface area contributed by atoms with Gasteiger partial charge >= 0.3 is 0 Å². The van der Waals surface area contributed by atoms with Crippen LogP contribution < -0.4 is 5.32 Å². The maximum Gasteiger partial charge on any atom is 0.270 e. The molecule has 5 nitrogen and oxygen atoms in total. The van der Waals surface area contributed by atoms with E-state index in [9.17, 15) is 13.6 Å². The Balaban J connectivity index is 1.60. The van der Waals surface area contributed by atoms with E-state index in [0.717, 1.165) is 12.1 Å². The Bertz CT molecular complexity index is 1180. The number of thiophene rings is 1. The fraction of sp³-hybridized carbons (Fsp3) is 0. The number of hydrogen-bond donors (Lipinski definition) is 1. The van der Waals surface area contributed by atoms with Gasteiger partial charge in [-0.2, -0.15) is 4.98 Å². The molecule has 28 heavy (non-hydrogen) atoms. The van der Waals surface area contributed by atoms with Crippen LogP contribution in [0.2, 0.25) is 5.02 Å². The largest absolute Gasteiger partial charge is 0.333 e. The second kappa shape index (κ2) is 7.49. The van der Waals surface area contributed by atoms with Crippen LogP contribution in [-0.4, -0.2) is 16.0 Å². The third kappa shape index (κ3) is 3.64. The van der Waals surface area contributed by atoms with E-state index in [0.29, 0.717) is 21.2 Å². The first-order valence-electron chi connectivity index (χ1n) is 7.95. The van der Waals surface area contributed by atoms with Crippen molar-refractivity contribution >= 4 is 34.5 Å². The predicted molar refractivity (Wildman–Crippen MR) is 102 cm³/mol. The Morgan fingerprint density at radius 2 is 1.96 bits per heavy atom. The van der Waals surface area contributed by atoms with Gasteiger partial charge in [0.25, 0.3) is 11.8 Å². The molecule has 140 valence electrons. The van der Waals surface area contributed by atoms with Gasteiger partial charge in [0, 0.05) is 16.1 Å². The Labute approximate surface area is 166 Å². The Hall–Kier alpha value is -3.10. The minimum absolute atomic E-state index is 0.106. The summed E-state index contributed by atoms with van der Waals surface area (Å²) in [7, 11) is 0. The van der Waals surface area contributed by atoms with Gasteiger partial charge in [-0.3, -0.25) is 4.79 Å². The van der Waals surface area contributed by atoms with Crippen molar-refractivity contribution in [1.29, 1.82) is 0 Å². The first kappa shape index (κ1) is 18.3. The average Bonchev–Trinajstić information content (AvgIpc) is 3.33. The van der Waals surface area contributed by atoms with Crippen molar-refractivity contribution in [2.45, 2.75) is 0 Å². The Morgan fingerprint density at radius 3 is 2.75 bits per heavy atom. The van der Waals surface area contributed by atoms with Gasteiger partial charge in [-0.15, -0.1) is 11.3 Å². The molecular formula is C19H10ClF2N3O2S. The molecule has 0 saturated heterocycles. The lowest BCUT2D eigenvalue weighted by atomic mass is 10.2.